The first kappa shape index (κ1) is 19.2. The summed E-state index contributed by atoms with van der Waals surface area (Å²) >= 11 is 5.88. The number of carbonyl (C=O) groups is 4. The molecule has 2 N–H and O–H groups in total. The highest BCUT2D eigenvalue weighted by atomic mass is 35.5. The second-order valence-corrected chi connectivity index (χ2v) is 7.82. The maximum Gasteiger partial charge on any atom is 0.329 e. The Morgan fingerprint density at radius 2 is 1.61 bits per heavy atom. The van der Waals surface area contributed by atoms with Gasteiger partial charge in [-0.3, -0.25) is 19.4 Å². The Balaban J connectivity index is 1.63. The standard InChI is InChI=1S/C22H13ClN2O6/c23-9-5-7-10(8-6-9)25-20(28)13-14(21(25)29)17(22(30)31)24-16(13)15-18(26)11-3-1-2-4-12(11)19(15)27/h1-8,13-14,17,26H,(H,30,31)/t13-,14-,17-/m0/s1. The van der Waals surface area contributed by atoms with Crippen molar-refractivity contribution in [3.63, 3.8) is 0 Å². The number of fused-ring (bicyclic) bond motifs is 2. The molecule has 3 aliphatic rings. The normalized spacial score (nSPS) is 24.5. The van der Waals surface area contributed by atoms with Gasteiger partial charge in [0, 0.05) is 16.1 Å². The van der Waals surface area contributed by atoms with E-state index in [1.54, 1.807) is 18.2 Å². The third-order valence-corrected chi connectivity index (χ3v) is 6.00. The van der Waals surface area contributed by atoms with E-state index in [0.717, 1.165) is 4.90 Å². The van der Waals surface area contributed by atoms with Gasteiger partial charge < -0.3 is 10.2 Å². The number of amides is 2. The molecule has 3 atom stereocenters. The van der Waals surface area contributed by atoms with Crippen LogP contribution >= 0.6 is 11.6 Å². The van der Waals surface area contributed by atoms with Crippen LogP contribution in [0.1, 0.15) is 15.9 Å². The highest BCUT2D eigenvalue weighted by molar-refractivity contribution is 6.43. The Kier molecular flexibility index (Phi) is 4.10. The van der Waals surface area contributed by atoms with E-state index in [4.69, 9.17) is 11.6 Å². The van der Waals surface area contributed by atoms with Crippen molar-refractivity contribution >= 4 is 52.3 Å². The summed E-state index contributed by atoms with van der Waals surface area (Å²) < 4.78 is 0. The molecule has 1 fully saturated rings. The molecule has 31 heavy (non-hydrogen) atoms. The third-order valence-electron chi connectivity index (χ3n) is 5.75. The number of aliphatic hydroxyl groups is 1. The first-order chi connectivity index (χ1) is 14.8. The summed E-state index contributed by atoms with van der Waals surface area (Å²) in [6.45, 7) is 0. The van der Waals surface area contributed by atoms with Gasteiger partial charge in [0.2, 0.25) is 11.8 Å². The zero-order valence-electron chi connectivity index (χ0n) is 15.7. The summed E-state index contributed by atoms with van der Waals surface area (Å²) in [5.41, 5.74) is 0.313. The van der Waals surface area contributed by atoms with Crippen LogP contribution < -0.4 is 4.90 Å². The minimum Gasteiger partial charge on any atom is -0.506 e. The number of hydrogen-bond acceptors (Lipinski definition) is 6. The Morgan fingerprint density at radius 1 is 0.968 bits per heavy atom. The van der Waals surface area contributed by atoms with Gasteiger partial charge in [0.25, 0.3) is 0 Å². The number of aliphatic carboxylic acids is 1. The number of halogens is 1. The molecular formula is C22H13ClN2O6. The van der Waals surface area contributed by atoms with Gasteiger partial charge in [0.05, 0.1) is 28.8 Å². The van der Waals surface area contributed by atoms with Crippen LogP contribution in [0.3, 0.4) is 0 Å². The van der Waals surface area contributed by atoms with Crippen LogP contribution in [0.15, 0.2) is 59.1 Å². The fourth-order valence-electron chi connectivity index (χ4n) is 4.38. The minimum atomic E-state index is -1.55. The molecule has 9 heteroatoms. The van der Waals surface area contributed by atoms with Crippen molar-refractivity contribution in [2.45, 2.75) is 6.04 Å². The lowest BCUT2D eigenvalue weighted by Crippen LogP contribution is -2.35. The number of carboxylic acids is 1. The first-order valence-corrected chi connectivity index (χ1v) is 9.70. The number of carboxylic acid groups (broad SMARTS) is 1. The number of aliphatic imine (C=N–C) groups is 1. The lowest BCUT2D eigenvalue weighted by molar-refractivity contribution is -0.141. The van der Waals surface area contributed by atoms with E-state index in [0.29, 0.717) is 5.02 Å². The number of rotatable bonds is 3. The molecule has 0 radical (unpaired) electrons. The Bertz CT molecular complexity index is 1260. The number of aliphatic hydroxyl groups excluding tert-OH is 1. The molecule has 2 aromatic carbocycles. The molecule has 2 heterocycles. The van der Waals surface area contributed by atoms with Gasteiger partial charge in [0.15, 0.2) is 11.8 Å². The van der Waals surface area contributed by atoms with Crippen molar-refractivity contribution in [3.05, 3.63) is 70.3 Å². The molecule has 0 saturated carbocycles. The fraction of sp³-hybridized carbons (Fsp3) is 0.136. The van der Waals surface area contributed by atoms with Gasteiger partial charge in [-0.1, -0.05) is 35.9 Å². The molecule has 0 unspecified atom stereocenters. The number of Topliss-reactive ketones (excluding diaryl/α,β-unsaturated/α-hetero) is 1. The molecule has 8 nitrogen and oxygen atoms in total. The van der Waals surface area contributed by atoms with E-state index >= 15 is 0 Å². The molecule has 2 aromatic rings. The predicted octanol–water partition coefficient (Wildman–Crippen LogP) is 2.52. The highest BCUT2D eigenvalue weighted by Gasteiger charge is 2.60. The van der Waals surface area contributed by atoms with E-state index in [2.05, 4.69) is 4.99 Å². The number of allylic oxidation sites excluding steroid dienone is 1. The molecule has 2 aliphatic heterocycles. The van der Waals surface area contributed by atoms with E-state index in [-0.39, 0.29) is 33.9 Å². The second-order valence-electron chi connectivity index (χ2n) is 7.39. The number of anilines is 1. The fourth-order valence-corrected chi connectivity index (χ4v) is 4.51. The second kappa shape index (κ2) is 6.61. The number of imide groups is 1. The van der Waals surface area contributed by atoms with Gasteiger partial charge in [-0.2, -0.15) is 0 Å². The number of carbonyl (C=O) groups excluding carboxylic acids is 3. The number of nitrogens with zero attached hydrogens (tertiary/aromatic N) is 2. The minimum absolute atomic E-state index is 0.175. The van der Waals surface area contributed by atoms with Gasteiger partial charge in [-0.25, -0.2) is 9.69 Å². The average Bonchev–Trinajstić information content (AvgIpc) is 3.34. The van der Waals surface area contributed by atoms with Crippen LogP contribution in [0.4, 0.5) is 5.69 Å². The molecular weight excluding hydrogens is 424 g/mol. The summed E-state index contributed by atoms with van der Waals surface area (Å²) in [6.07, 6.45) is 0. The summed E-state index contributed by atoms with van der Waals surface area (Å²) in [4.78, 5) is 56.2. The molecule has 0 bridgehead atoms. The van der Waals surface area contributed by atoms with Crippen LogP contribution in [0, 0.1) is 11.8 Å². The van der Waals surface area contributed by atoms with E-state index in [1.807, 2.05) is 0 Å². The SMILES string of the molecule is O=C1C(C2=N[C@H](C(=O)O)[C@H]3C(=O)N(c4ccc(Cl)cc4)C(=O)[C@H]23)=C(O)c2ccccc21. The lowest BCUT2D eigenvalue weighted by atomic mass is 9.85. The predicted molar refractivity (Wildman–Crippen MR) is 110 cm³/mol. The lowest BCUT2D eigenvalue weighted by Gasteiger charge is -2.17. The Morgan fingerprint density at radius 3 is 2.23 bits per heavy atom. The van der Waals surface area contributed by atoms with Crippen molar-refractivity contribution in [1.82, 2.24) is 0 Å². The molecule has 1 aliphatic carbocycles. The van der Waals surface area contributed by atoms with Crippen LogP contribution in [0.25, 0.3) is 5.76 Å². The van der Waals surface area contributed by atoms with Crippen molar-refractivity contribution in [3.8, 4) is 0 Å². The van der Waals surface area contributed by atoms with Crippen LogP contribution in [-0.4, -0.2) is 45.5 Å². The number of benzene rings is 2. The molecule has 2 amide bonds. The monoisotopic (exact) mass is 436 g/mol. The van der Waals surface area contributed by atoms with E-state index in [1.165, 1.54) is 30.3 Å². The van der Waals surface area contributed by atoms with Crippen LogP contribution in [0.5, 0.6) is 0 Å². The van der Waals surface area contributed by atoms with Crippen molar-refractivity contribution in [2.75, 3.05) is 4.90 Å². The summed E-state index contributed by atoms with van der Waals surface area (Å²) in [5.74, 6) is -6.38. The van der Waals surface area contributed by atoms with Gasteiger partial charge in [0.1, 0.15) is 5.76 Å². The first-order valence-electron chi connectivity index (χ1n) is 9.33. The maximum atomic E-state index is 13.3. The zero-order valence-corrected chi connectivity index (χ0v) is 16.4. The maximum absolute atomic E-state index is 13.3. The van der Waals surface area contributed by atoms with Gasteiger partial charge in [-0.15, -0.1) is 0 Å². The van der Waals surface area contributed by atoms with Crippen LogP contribution in [0.2, 0.25) is 5.02 Å². The molecule has 0 spiro atoms. The molecule has 154 valence electrons. The average molecular weight is 437 g/mol. The van der Waals surface area contributed by atoms with Crippen LogP contribution in [-0.2, 0) is 14.4 Å². The largest absolute Gasteiger partial charge is 0.506 e. The Hall–Kier alpha value is -3.78. The van der Waals surface area contributed by atoms with E-state index < -0.39 is 41.4 Å². The topological polar surface area (TPSA) is 124 Å². The summed E-state index contributed by atoms with van der Waals surface area (Å²) in [6, 6.07) is 10.7. The van der Waals surface area contributed by atoms with Gasteiger partial charge >= 0.3 is 5.97 Å². The van der Waals surface area contributed by atoms with Crippen molar-refractivity contribution < 1.29 is 29.4 Å². The summed E-state index contributed by atoms with van der Waals surface area (Å²) in [5, 5.41) is 20.7. The zero-order chi connectivity index (χ0) is 22.0. The van der Waals surface area contributed by atoms with Gasteiger partial charge in [-0.05, 0) is 24.3 Å². The number of ketones is 1. The van der Waals surface area contributed by atoms with E-state index in [9.17, 15) is 29.4 Å². The highest BCUT2D eigenvalue weighted by Crippen LogP contribution is 2.44. The molecule has 5 rings (SSSR count). The molecule has 1 saturated heterocycles. The van der Waals surface area contributed by atoms with Crippen molar-refractivity contribution in [2.24, 2.45) is 16.8 Å². The Labute approximate surface area is 180 Å². The number of hydrogen-bond donors (Lipinski definition) is 2. The summed E-state index contributed by atoms with van der Waals surface area (Å²) in [7, 11) is 0. The third kappa shape index (κ3) is 2.58. The quantitative estimate of drug-likeness (QED) is 0.712. The van der Waals surface area contributed by atoms with Crippen molar-refractivity contribution in [1.29, 1.82) is 0 Å². The smallest absolute Gasteiger partial charge is 0.329 e. The molecule has 0 aromatic heterocycles.